The topological polar surface area (TPSA) is 68.8 Å². The van der Waals surface area contributed by atoms with Gasteiger partial charge in [0.05, 0.1) is 16.9 Å². The molecule has 2 aromatic heterocycles. The SMILES string of the molecule is CC(C)c1nn(C)c(Nc2ccc3ncccc3c2)c1N. The minimum Gasteiger partial charge on any atom is -0.394 e. The zero-order chi connectivity index (χ0) is 15.0. The molecule has 0 amide bonds. The summed E-state index contributed by atoms with van der Waals surface area (Å²) in [4.78, 5) is 4.32. The number of aromatic nitrogens is 3. The zero-order valence-electron chi connectivity index (χ0n) is 12.5. The molecule has 0 aliphatic carbocycles. The van der Waals surface area contributed by atoms with E-state index in [9.17, 15) is 0 Å². The number of hydrogen-bond acceptors (Lipinski definition) is 4. The molecule has 2 heterocycles. The highest BCUT2D eigenvalue weighted by atomic mass is 15.3. The molecule has 0 atom stereocenters. The summed E-state index contributed by atoms with van der Waals surface area (Å²) >= 11 is 0. The summed E-state index contributed by atoms with van der Waals surface area (Å²) in [5.41, 5.74) is 9.78. The molecule has 5 nitrogen and oxygen atoms in total. The summed E-state index contributed by atoms with van der Waals surface area (Å²) in [6.07, 6.45) is 1.80. The fourth-order valence-corrected chi connectivity index (χ4v) is 2.43. The molecule has 0 unspecified atom stereocenters. The first kappa shape index (κ1) is 13.4. The summed E-state index contributed by atoms with van der Waals surface area (Å²) in [5, 5.41) is 8.93. The number of nitrogens with zero attached hydrogens (tertiary/aromatic N) is 3. The van der Waals surface area contributed by atoms with Crippen LogP contribution in [0.3, 0.4) is 0 Å². The molecule has 0 spiro atoms. The Labute approximate surface area is 123 Å². The van der Waals surface area contributed by atoms with Crippen LogP contribution in [0.4, 0.5) is 17.2 Å². The molecule has 1 aromatic carbocycles. The molecular weight excluding hydrogens is 262 g/mol. The van der Waals surface area contributed by atoms with Crippen LogP contribution in [-0.4, -0.2) is 14.8 Å². The third-order valence-corrected chi connectivity index (χ3v) is 3.53. The molecular formula is C16H19N5. The molecule has 3 rings (SSSR count). The number of nitrogen functional groups attached to an aromatic ring is 1. The predicted molar refractivity (Wildman–Crippen MR) is 86.7 cm³/mol. The second-order valence-electron chi connectivity index (χ2n) is 5.46. The number of benzene rings is 1. The van der Waals surface area contributed by atoms with Crippen LogP contribution in [0.15, 0.2) is 36.5 Å². The highest BCUT2D eigenvalue weighted by molar-refractivity contribution is 5.84. The summed E-state index contributed by atoms with van der Waals surface area (Å²) in [5.74, 6) is 1.12. The maximum Gasteiger partial charge on any atom is 0.152 e. The first-order valence-corrected chi connectivity index (χ1v) is 7.00. The van der Waals surface area contributed by atoms with E-state index in [2.05, 4.69) is 35.3 Å². The molecule has 0 bridgehead atoms. The Bertz CT molecular complexity index is 788. The van der Waals surface area contributed by atoms with Gasteiger partial charge in [-0.1, -0.05) is 19.9 Å². The van der Waals surface area contributed by atoms with Gasteiger partial charge in [-0.3, -0.25) is 9.67 Å². The van der Waals surface area contributed by atoms with Gasteiger partial charge >= 0.3 is 0 Å². The Hall–Kier alpha value is -2.56. The number of fused-ring (bicyclic) bond motifs is 1. The van der Waals surface area contributed by atoms with Crippen molar-refractivity contribution in [3.05, 3.63) is 42.2 Å². The van der Waals surface area contributed by atoms with Crippen molar-refractivity contribution in [3.8, 4) is 0 Å². The van der Waals surface area contributed by atoms with Crippen molar-refractivity contribution in [2.75, 3.05) is 11.1 Å². The second kappa shape index (κ2) is 5.09. The van der Waals surface area contributed by atoms with Crippen molar-refractivity contribution in [1.29, 1.82) is 0 Å². The number of hydrogen-bond donors (Lipinski definition) is 2. The molecule has 0 saturated carbocycles. The van der Waals surface area contributed by atoms with E-state index in [4.69, 9.17) is 5.73 Å². The lowest BCUT2D eigenvalue weighted by atomic mass is 10.1. The van der Waals surface area contributed by atoms with E-state index in [-0.39, 0.29) is 0 Å². The number of rotatable bonds is 3. The fourth-order valence-electron chi connectivity index (χ4n) is 2.43. The van der Waals surface area contributed by atoms with E-state index in [1.807, 2.05) is 31.3 Å². The summed E-state index contributed by atoms with van der Waals surface area (Å²) < 4.78 is 1.79. The first-order valence-electron chi connectivity index (χ1n) is 7.00. The maximum absolute atomic E-state index is 6.21. The van der Waals surface area contributed by atoms with Crippen LogP contribution >= 0.6 is 0 Å². The second-order valence-corrected chi connectivity index (χ2v) is 5.46. The van der Waals surface area contributed by atoms with Gasteiger partial charge in [0.25, 0.3) is 0 Å². The Kier molecular flexibility index (Phi) is 3.25. The van der Waals surface area contributed by atoms with Crippen LogP contribution in [0.1, 0.15) is 25.5 Å². The van der Waals surface area contributed by atoms with Crippen LogP contribution in [-0.2, 0) is 7.05 Å². The lowest BCUT2D eigenvalue weighted by Gasteiger charge is -2.09. The number of nitrogens with two attached hydrogens (primary N) is 1. The van der Waals surface area contributed by atoms with Crippen molar-refractivity contribution in [2.24, 2.45) is 7.05 Å². The van der Waals surface area contributed by atoms with E-state index in [0.29, 0.717) is 11.6 Å². The van der Waals surface area contributed by atoms with E-state index in [0.717, 1.165) is 28.1 Å². The molecule has 5 heteroatoms. The molecule has 21 heavy (non-hydrogen) atoms. The van der Waals surface area contributed by atoms with E-state index < -0.39 is 0 Å². The smallest absolute Gasteiger partial charge is 0.152 e. The molecule has 3 N–H and O–H groups in total. The van der Waals surface area contributed by atoms with Crippen molar-refractivity contribution in [1.82, 2.24) is 14.8 Å². The largest absolute Gasteiger partial charge is 0.394 e. The number of anilines is 3. The molecule has 0 radical (unpaired) electrons. The monoisotopic (exact) mass is 281 g/mol. The van der Waals surface area contributed by atoms with Crippen LogP contribution in [0, 0.1) is 0 Å². The molecule has 0 fully saturated rings. The van der Waals surface area contributed by atoms with Crippen LogP contribution in [0.25, 0.3) is 10.9 Å². The van der Waals surface area contributed by atoms with Crippen LogP contribution < -0.4 is 11.1 Å². The lowest BCUT2D eigenvalue weighted by Crippen LogP contribution is -2.01. The van der Waals surface area contributed by atoms with Gasteiger partial charge in [0.1, 0.15) is 0 Å². The van der Waals surface area contributed by atoms with Gasteiger partial charge in [0.2, 0.25) is 0 Å². The lowest BCUT2D eigenvalue weighted by molar-refractivity contribution is 0.718. The van der Waals surface area contributed by atoms with Gasteiger partial charge in [-0.05, 0) is 30.2 Å². The minimum atomic E-state index is 0.299. The van der Waals surface area contributed by atoms with Gasteiger partial charge in [-0.15, -0.1) is 0 Å². The van der Waals surface area contributed by atoms with Gasteiger partial charge in [0.15, 0.2) is 5.82 Å². The van der Waals surface area contributed by atoms with Crippen molar-refractivity contribution in [3.63, 3.8) is 0 Å². The standard InChI is InChI=1S/C16H19N5/c1-10(2)15-14(17)16(21(3)20-15)19-12-6-7-13-11(9-12)5-4-8-18-13/h4-10,19H,17H2,1-3H3. The third-order valence-electron chi connectivity index (χ3n) is 3.53. The Morgan fingerprint density at radius 3 is 2.76 bits per heavy atom. The van der Waals surface area contributed by atoms with Crippen molar-refractivity contribution < 1.29 is 0 Å². The molecule has 0 aliphatic heterocycles. The Morgan fingerprint density at radius 1 is 1.24 bits per heavy atom. The molecule has 0 aliphatic rings. The quantitative estimate of drug-likeness (QED) is 0.772. The number of aryl methyl sites for hydroxylation is 1. The average Bonchev–Trinajstić information content (AvgIpc) is 2.75. The van der Waals surface area contributed by atoms with Gasteiger partial charge in [-0.2, -0.15) is 5.10 Å². The summed E-state index contributed by atoms with van der Waals surface area (Å²) in [7, 11) is 1.90. The molecule has 108 valence electrons. The Balaban J connectivity index is 1.98. The highest BCUT2D eigenvalue weighted by Gasteiger charge is 2.15. The number of pyridine rings is 1. The molecule has 0 saturated heterocycles. The van der Waals surface area contributed by atoms with Crippen molar-refractivity contribution >= 4 is 28.1 Å². The highest BCUT2D eigenvalue weighted by Crippen LogP contribution is 2.30. The van der Waals surface area contributed by atoms with Crippen LogP contribution in [0.5, 0.6) is 0 Å². The predicted octanol–water partition coefficient (Wildman–Crippen LogP) is 3.42. The van der Waals surface area contributed by atoms with Gasteiger partial charge in [-0.25, -0.2) is 0 Å². The van der Waals surface area contributed by atoms with E-state index in [1.54, 1.807) is 10.9 Å². The normalized spacial score (nSPS) is 11.2. The maximum atomic E-state index is 6.21. The van der Waals surface area contributed by atoms with E-state index in [1.165, 1.54) is 0 Å². The third kappa shape index (κ3) is 2.42. The first-order chi connectivity index (χ1) is 10.1. The van der Waals surface area contributed by atoms with Gasteiger partial charge < -0.3 is 11.1 Å². The minimum absolute atomic E-state index is 0.299. The number of nitrogens with one attached hydrogen (secondary N) is 1. The Morgan fingerprint density at radius 2 is 2.05 bits per heavy atom. The molecule has 3 aromatic rings. The fraction of sp³-hybridized carbons (Fsp3) is 0.250. The average molecular weight is 281 g/mol. The van der Waals surface area contributed by atoms with Crippen LogP contribution in [0.2, 0.25) is 0 Å². The van der Waals surface area contributed by atoms with Gasteiger partial charge in [0, 0.05) is 24.3 Å². The summed E-state index contributed by atoms with van der Waals surface area (Å²) in [6.45, 7) is 4.17. The van der Waals surface area contributed by atoms with Crippen molar-refractivity contribution in [2.45, 2.75) is 19.8 Å². The summed E-state index contributed by atoms with van der Waals surface area (Å²) in [6, 6.07) is 10.0. The van der Waals surface area contributed by atoms with E-state index >= 15 is 0 Å². The zero-order valence-corrected chi connectivity index (χ0v) is 12.5.